The zero-order valence-corrected chi connectivity index (χ0v) is 12.1. The Morgan fingerprint density at radius 3 is 2.89 bits per heavy atom. The number of rotatable bonds is 4. The Balaban J connectivity index is 2.25. The number of nitrogens with zero attached hydrogens (tertiary/aromatic N) is 3. The highest BCUT2D eigenvalue weighted by molar-refractivity contribution is 6.33. The summed E-state index contributed by atoms with van der Waals surface area (Å²) in [4.78, 5) is 13.5. The van der Waals surface area contributed by atoms with E-state index in [9.17, 15) is 9.90 Å². The number of halogens is 2. The molecule has 104 valence electrons. The van der Waals surface area contributed by atoms with Crippen LogP contribution in [0.5, 0.6) is 0 Å². The third-order valence-electron chi connectivity index (χ3n) is 3.58. The molecule has 1 fully saturated rings. The molecule has 1 atom stereocenters. The van der Waals surface area contributed by atoms with Gasteiger partial charge >= 0.3 is 5.97 Å². The van der Waals surface area contributed by atoms with E-state index in [0.29, 0.717) is 31.6 Å². The largest absolute Gasteiger partial charge is 0.481 e. The first-order valence-electron chi connectivity index (χ1n) is 6.15. The predicted octanol–water partition coefficient (Wildman–Crippen LogP) is 2.86. The quantitative estimate of drug-likeness (QED) is 0.926. The van der Waals surface area contributed by atoms with Crippen molar-refractivity contribution in [2.75, 3.05) is 18.0 Å². The molecule has 0 saturated carbocycles. The topological polar surface area (TPSA) is 66.3 Å². The van der Waals surface area contributed by atoms with Crippen molar-refractivity contribution < 1.29 is 9.90 Å². The molecule has 2 heterocycles. The summed E-state index contributed by atoms with van der Waals surface area (Å²) < 4.78 is 0. The van der Waals surface area contributed by atoms with Crippen molar-refractivity contribution in [1.82, 2.24) is 10.2 Å². The van der Waals surface area contributed by atoms with E-state index in [4.69, 9.17) is 23.2 Å². The van der Waals surface area contributed by atoms with Gasteiger partial charge in [0.1, 0.15) is 0 Å². The van der Waals surface area contributed by atoms with E-state index < -0.39 is 11.4 Å². The minimum absolute atomic E-state index is 0.252. The molecule has 0 radical (unpaired) electrons. The summed E-state index contributed by atoms with van der Waals surface area (Å²) in [6, 6.07) is 1.63. The Morgan fingerprint density at radius 1 is 1.53 bits per heavy atom. The molecule has 2 rings (SSSR count). The maximum absolute atomic E-state index is 11.5. The van der Waals surface area contributed by atoms with Crippen LogP contribution in [0.4, 0.5) is 5.69 Å². The van der Waals surface area contributed by atoms with Gasteiger partial charge in [-0.2, -0.15) is 0 Å². The van der Waals surface area contributed by atoms with Crippen LogP contribution < -0.4 is 4.90 Å². The molecular formula is C12H15Cl2N3O2. The van der Waals surface area contributed by atoms with E-state index >= 15 is 0 Å². The van der Waals surface area contributed by atoms with E-state index in [1.54, 1.807) is 6.07 Å². The van der Waals surface area contributed by atoms with E-state index in [0.717, 1.165) is 6.42 Å². The molecule has 0 amide bonds. The summed E-state index contributed by atoms with van der Waals surface area (Å²) in [6.07, 6.45) is 2.10. The van der Waals surface area contributed by atoms with Crippen molar-refractivity contribution in [3.8, 4) is 0 Å². The zero-order valence-electron chi connectivity index (χ0n) is 10.6. The molecule has 19 heavy (non-hydrogen) atoms. The van der Waals surface area contributed by atoms with E-state index in [1.807, 2.05) is 11.8 Å². The number of aliphatic carboxylic acids is 1. The normalized spacial score (nSPS) is 22.8. The number of carboxylic acids is 1. The Morgan fingerprint density at radius 2 is 2.26 bits per heavy atom. The van der Waals surface area contributed by atoms with Crippen LogP contribution in [-0.2, 0) is 4.79 Å². The number of aromatic nitrogens is 2. The number of carbonyl (C=O) groups is 1. The van der Waals surface area contributed by atoms with E-state index in [2.05, 4.69) is 10.2 Å². The molecule has 1 aliphatic rings. The van der Waals surface area contributed by atoms with Gasteiger partial charge in [0.2, 0.25) is 0 Å². The Kier molecular flexibility index (Phi) is 4.16. The fourth-order valence-corrected chi connectivity index (χ4v) is 2.96. The second-order valence-electron chi connectivity index (χ2n) is 4.85. The standard InChI is InChI=1S/C12H15Cl2N3O2/c1-2-3-12(11(18)19)4-5-17(7-12)8-6-9(13)15-16-10(8)14/h6H,2-5,7H2,1H3,(H,18,19). The molecule has 1 aromatic heterocycles. The van der Waals surface area contributed by atoms with Crippen LogP contribution in [0.25, 0.3) is 0 Å². The Labute approximate surface area is 121 Å². The first-order chi connectivity index (χ1) is 8.98. The lowest BCUT2D eigenvalue weighted by Gasteiger charge is -2.25. The number of anilines is 1. The van der Waals surface area contributed by atoms with Crippen LogP contribution in [0.1, 0.15) is 26.2 Å². The maximum Gasteiger partial charge on any atom is 0.311 e. The van der Waals surface area contributed by atoms with Gasteiger partial charge in [-0.1, -0.05) is 36.5 Å². The molecule has 0 aromatic carbocycles. The van der Waals surface area contributed by atoms with Crippen molar-refractivity contribution in [1.29, 1.82) is 0 Å². The van der Waals surface area contributed by atoms with Gasteiger partial charge in [-0.3, -0.25) is 4.79 Å². The molecule has 0 spiro atoms. The van der Waals surface area contributed by atoms with Gasteiger partial charge in [-0.05, 0) is 12.8 Å². The molecule has 1 aliphatic heterocycles. The van der Waals surface area contributed by atoms with Gasteiger partial charge in [-0.15, -0.1) is 10.2 Å². The highest BCUT2D eigenvalue weighted by Gasteiger charge is 2.44. The number of hydrogen-bond donors (Lipinski definition) is 1. The fraction of sp³-hybridized carbons (Fsp3) is 0.583. The number of carboxylic acid groups (broad SMARTS) is 1. The zero-order chi connectivity index (χ0) is 14.0. The summed E-state index contributed by atoms with van der Waals surface area (Å²) in [6.45, 7) is 3.05. The van der Waals surface area contributed by atoms with Crippen LogP contribution >= 0.6 is 23.2 Å². The molecule has 5 nitrogen and oxygen atoms in total. The van der Waals surface area contributed by atoms with E-state index in [-0.39, 0.29) is 10.3 Å². The summed E-state index contributed by atoms with van der Waals surface area (Å²) in [5.41, 5.74) is -0.0470. The fourth-order valence-electron chi connectivity index (χ4n) is 2.61. The van der Waals surface area contributed by atoms with Crippen molar-refractivity contribution in [2.45, 2.75) is 26.2 Å². The van der Waals surface area contributed by atoms with Crippen LogP contribution in [0.15, 0.2) is 6.07 Å². The molecule has 0 bridgehead atoms. The van der Waals surface area contributed by atoms with Crippen molar-refractivity contribution >= 4 is 34.9 Å². The van der Waals surface area contributed by atoms with Gasteiger partial charge in [0.25, 0.3) is 0 Å². The van der Waals surface area contributed by atoms with Crippen LogP contribution in [0.3, 0.4) is 0 Å². The molecule has 1 unspecified atom stereocenters. The first kappa shape index (κ1) is 14.3. The molecule has 7 heteroatoms. The van der Waals surface area contributed by atoms with Gasteiger partial charge in [0.15, 0.2) is 10.3 Å². The Hall–Kier alpha value is -1.07. The minimum atomic E-state index is -0.749. The van der Waals surface area contributed by atoms with E-state index in [1.165, 1.54) is 0 Å². The third kappa shape index (κ3) is 2.77. The second-order valence-corrected chi connectivity index (χ2v) is 5.60. The summed E-state index contributed by atoms with van der Waals surface area (Å²) in [5, 5.41) is 17.4. The van der Waals surface area contributed by atoms with Gasteiger partial charge in [0.05, 0.1) is 11.1 Å². The van der Waals surface area contributed by atoms with Crippen molar-refractivity contribution in [3.05, 3.63) is 16.4 Å². The van der Waals surface area contributed by atoms with Gasteiger partial charge < -0.3 is 10.0 Å². The third-order valence-corrected chi connectivity index (χ3v) is 4.03. The highest BCUT2D eigenvalue weighted by atomic mass is 35.5. The predicted molar refractivity (Wildman–Crippen MR) is 73.9 cm³/mol. The SMILES string of the molecule is CCCC1(C(=O)O)CCN(c2cc(Cl)nnc2Cl)C1. The van der Waals surface area contributed by atoms with Crippen LogP contribution in [-0.4, -0.2) is 34.4 Å². The smallest absolute Gasteiger partial charge is 0.311 e. The Bertz CT molecular complexity index is 498. The number of hydrogen-bond acceptors (Lipinski definition) is 4. The maximum atomic E-state index is 11.5. The van der Waals surface area contributed by atoms with Crippen molar-refractivity contribution in [3.63, 3.8) is 0 Å². The van der Waals surface area contributed by atoms with Gasteiger partial charge in [-0.25, -0.2) is 0 Å². The van der Waals surface area contributed by atoms with Crippen molar-refractivity contribution in [2.24, 2.45) is 5.41 Å². The summed E-state index contributed by atoms with van der Waals surface area (Å²) in [7, 11) is 0. The highest BCUT2D eigenvalue weighted by Crippen LogP contribution is 2.39. The lowest BCUT2D eigenvalue weighted by atomic mass is 9.83. The molecule has 1 aromatic rings. The second kappa shape index (κ2) is 5.51. The minimum Gasteiger partial charge on any atom is -0.481 e. The first-order valence-corrected chi connectivity index (χ1v) is 6.91. The van der Waals surface area contributed by atoms with Crippen LogP contribution in [0.2, 0.25) is 10.3 Å². The average Bonchev–Trinajstić information content (AvgIpc) is 2.78. The lowest BCUT2D eigenvalue weighted by Crippen LogP contribution is -2.34. The molecular weight excluding hydrogens is 289 g/mol. The van der Waals surface area contributed by atoms with Crippen LogP contribution in [0, 0.1) is 5.41 Å². The molecule has 1 N–H and O–H groups in total. The van der Waals surface area contributed by atoms with Gasteiger partial charge in [0, 0.05) is 19.2 Å². The molecule has 1 saturated heterocycles. The molecule has 0 aliphatic carbocycles. The lowest BCUT2D eigenvalue weighted by molar-refractivity contribution is -0.148. The monoisotopic (exact) mass is 303 g/mol. The summed E-state index contributed by atoms with van der Waals surface area (Å²) >= 11 is 11.8. The average molecular weight is 304 g/mol. The summed E-state index contributed by atoms with van der Waals surface area (Å²) in [5.74, 6) is -0.749.